The number of rotatable bonds is 9. The molecule has 0 spiro atoms. The molecule has 11 rings (SSSR count). The van der Waals surface area contributed by atoms with Gasteiger partial charge in [-0.15, -0.1) is 0 Å². The molecule has 0 radical (unpaired) electrons. The molecule has 376 valence electrons. The summed E-state index contributed by atoms with van der Waals surface area (Å²) >= 11 is 0. The van der Waals surface area contributed by atoms with E-state index in [9.17, 15) is 0 Å². The normalized spacial score (nSPS) is 19.6. The molecule has 1 heteroatoms. The fourth-order valence-corrected chi connectivity index (χ4v) is 14.2. The third kappa shape index (κ3) is 10.3. The van der Waals surface area contributed by atoms with Crippen molar-refractivity contribution in [1.29, 1.82) is 0 Å². The van der Waals surface area contributed by atoms with Crippen LogP contribution in [0.2, 0.25) is 0 Å². The largest absolute Gasteiger partial charge is 0.310 e. The monoisotopic (exact) mass is 962 g/mol. The van der Waals surface area contributed by atoms with Crippen LogP contribution in [0.1, 0.15) is 219 Å². The minimum atomic E-state index is -0.324. The molecule has 1 atom stereocenters. The van der Waals surface area contributed by atoms with Crippen molar-refractivity contribution < 1.29 is 0 Å². The average molecular weight is 962 g/mol. The minimum Gasteiger partial charge on any atom is -0.310 e. The van der Waals surface area contributed by atoms with E-state index in [-0.39, 0.29) is 10.8 Å². The summed E-state index contributed by atoms with van der Waals surface area (Å²) in [4.78, 5) is 2.57. The van der Waals surface area contributed by atoms with Crippen LogP contribution in [0.15, 0.2) is 158 Å². The highest BCUT2D eigenvalue weighted by atomic mass is 15.1. The zero-order chi connectivity index (χ0) is 49.8. The summed E-state index contributed by atoms with van der Waals surface area (Å²) in [5, 5.41) is 0. The molecule has 4 aliphatic carbocycles. The van der Waals surface area contributed by atoms with Crippen LogP contribution in [0.25, 0.3) is 33.4 Å². The molecule has 1 unspecified atom stereocenters. The molecule has 3 saturated carbocycles. The van der Waals surface area contributed by atoms with Gasteiger partial charge in [-0.05, 0) is 166 Å². The van der Waals surface area contributed by atoms with Crippen molar-refractivity contribution in [3.8, 4) is 33.4 Å². The molecule has 7 aromatic rings. The van der Waals surface area contributed by atoms with Gasteiger partial charge in [-0.25, -0.2) is 0 Å². The number of para-hydroxylation sites is 1. The summed E-state index contributed by atoms with van der Waals surface area (Å²) in [7, 11) is 0. The Kier molecular flexibility index (Phi) is 15.0. The zero-order valence-electron chi connectivity index (χ0n) is 45.0. The van der Waals surface area contributed by atoms with Crippen molar-refractivity contribution in [2.75, 3.05) is 4.90 Å². The van der Waals surface area contributed by atoms with E-state index in [1.807, 2.05) is 0 Å². The number of hydrogen-bond donors (Lipinski definition) is 0. The zero-order valence-corrected chi connectivity index (χ0v) is 45.0. The molecule has 1 nitrogen and oxygen atoms in total. The SMILES string of the molecule is CC(C)(C)c1ccc(C2(C)c3ccccc3-c3ccc(N(c4ccc(-c5c(C6CCCCCCC6)cc(C6CCCCCCC6)cc5C5CCCCCCC5)cc4)c4ccccc4-c4ccccc4)cc32)cc1. The maximum atomic E-state index is 2.81. The van der Waals surface area contributed by atoms with E-state index >= 15 is 0 Å². The number of anilines is 3. The van der Waals surface area contributed by atoms with Crippen molar-refractivity contribution in [1.82, 2.24) is 0 Å². The molecule has 0 bridgehead atoms. The molecular weight excluding hydrogens is 879 g/mol. The first-order valence-corrected chi connectivity index (χ1v) is 29.3. The van der Waals surface area contributed by atoms with Gasteiger partial charge in [-0.1, -0.05) is 244 Å². The summed E-state index contributed by atoms with van der Waals surface area (Å²) in [6, 6.07) is 61.9. The topological polar surface area (TPSA) is 3.24 Å². The molecule has 4 aliphatic rings. The first-order valence-electron chi connectivity index (χ1n) is 29.3. The molecule has 0 N–H and O–H groups in total. The summed E-state index contributed by atoms with van der Waals surface area (Å²) < 4.78 is 0. The van der Waals surface area contributed by atoms with E-state index in [0.29, 0.717) is 17.8 Å². The third-order valence-electron chi connectivity index (χ3n) is 18.4. The molecule has 3 fully saturated rings. The van der Waals surface area contributed by atoms with Crippen molar-refractivity contribution in [2.45, 2.75) is 191 Å². The van der Waals surface area contributed by atoms with Crippen molar-refractivity contribution in [2.24, 2.45) is 0 Å². The smallest absolute Gasteiger partial charge is 0.0540 e. The maximum absolute atomic E-state index is 2.81. The van der Waals surface area contributed by atoms with Crippen LogP contribution in [-0.2, 0) is 10.8 Å². The Balaban J connectivity index is 1.08. The Morgan fingerprint density at radius 2 is 0.877 bits per heavy atom. The summed E-state index contributed by atoms with van der Waals surface area (Å²) in [5.74, 6) is 1.94. The van der Waals surface area contributed by atoms with Crippen molar-refractivity contribution >= 4 is 17.1 Å². The van der Waals surface area contributed by atoms with Gasteiger partial charge in [0.2, 0.25) is 0 Å². The number of benzene rings is 7. The number of fused-ring (bicyclic) bond motifs is 3. The lowest BCUT2D eigenvalue weighted by Crippen LogP contribution is -2.23. The quantitative estimate of drug-likeness (QED) is 0.139. The predicted octanol–water partition coefficient (Wildman–Crippen LogP) is 21.6. The molecule has 0 heterocycles. The molecule has 0 aromatic heterocycles. The Bertz CT molecular complexity index is 2880. The van der Waals surface area contributed by atoms with Gasteiger partial charge in [0.05, 0.1) is 5.69 Å². The van der Waals surface area contributed by atoms with Gasteiger partial charge in [0.15, 0.2) is 0 Å². The molecule has 73 heavy (non-hydrogen) atoms. The van der Waals surface area contributed by atoms with Crippen LogP contribution in [0.3, 0.4) is 0 Å². The van der Waals surface area contributed by atoms with Gasteiger partial charge in [-0.2, -0.15) is 0 Å². The lowest BCUT2D eigenvalue weighted by Gasteiger charge is -2.33. The van der Waals surface area contributed by atoms with Gasteiger partial charge in [0.25, 0.3) is 0 Å². The van der Waals surface area contributed by atoms with Crippen LogP contribution in [-0.4, -0.2) is 0 Å². The Morgan fingerprint density at radius 3 is 1.45 bits per heavy atom. The van der Waals surface area contributed by atoms with E-state index in [4.69, 9.17) is 0 Å². The summed E-state index contributed by atoms with van der Waals surface area (Å²) in [5.41, 5.74) is 22.1. The highest BCUT2D eigenvalue weighted by molar-refractivity contribution is 5.91. The van der Waals surface area contributed by atoms with Crippen LogP contribution >= 0.6 is 0 Å². The van der Waals surface area contributed by atoms with Crippen LogP contribution in [0.5, 0.6) is 0 Å². The summed E-state index contributed by atoms with van der Waals surface area (Å²) in [6.07, 6.45) is 28.8. The highest BCUT2D eigenvalue weighted by Gasteiger charge is 2.41. The predicted molar refractivity (Wildman–Crippen MR) is 313 cm³/mol. The summed E-state index contributed by atoms with van der Waals surface area (Å²) in [6.45, 7) is 9.41. The second-order valence-corrected chi connectivity index (χ2v) is 24.2. The lowest BCUT2D eigenvalue weighted by atomic mass is 9.73. The fourth-order valence-electron chi connectivity index (χ4n) is 14.2. The van der Waals surface area contributed by atoms with Crippen LogP contribution in [0.4, 0.5) is 17.1 Å². The standard InChI is InChI=1S/C72H83N/c1-71(2,3)58-41-43-59(44-42-58)72(4)67-37-25-23-36-63(67)64-48-47-61(51-68(64)72)73(69-38-26-24-35-62(69)53-29-21-14-22-30-53)60-45-39-56(40-46-60)70-65(54-31-17-10-6-11-18-32-54)49-57(52-27-15-8-5-9-16-28-52)50-66(70)55-33-19-12-7-13-20-34-55/h14,21-26,29-30,35-52,54-55H,5-13,15-20,27-28,31-34H2,1-4H3. The highest BCUT2D eigenvalue weighted by Crippen LogP contribution is 2.55. The maximum Gasteiger partial charge on any atom is 0.0540 e. The van der Waals surface area contributed by atoms with E-state index < -0.39 is 0 Å². The van der Waals surface area contributed by atoms with Gasteiger partial charge in [0.1, 0.15) is 0 Å². The van der Waals surface area contributed by atoms with Crippen molar-refractivity contribution in [3.05, 3.63) is 197 Å². The van der Waals surface area contributed by atoms with Crippen molar-refractivity contribution in [3.63, 3.8) is 0 Å². The van der Waals surface area contributed by atoms with Crippen LogP contribution < -0.4 is 4.90 Å². The van der Waals surface area contributed by atoms with E-state index in [2.05, 4.69) is 190 Å². The minimum absolute atomic E-state index is 0.0875. The molecular formula is C72H83N. The van der Waals surface area contributed by atoms with E-state index in [1.54, 1.807) is 22.3 Å². The van der Waals surface area contributed by atoms with Gasteiger partial charge < -0.3 is 4.90 Å². The Morgan fingerprint density at radius 1 is 0.397 bits per heavy atom. The molecule has 0 amide bonds. The van der Waals surface area contributed by atoms with E-state index in [1.165, 1.54) is 202 Å². The Labute approximate surface area is 440 Å². The third-order valence-corrected chi connectivity index (χ3v) is 18.4. The average Bonchev–Trinajstić information content (AvgIpc) is 3.65. The number of hydrogen-bond acceptors (Lipinski definition) is 1. The Hall–Kier alpha value is -5.66. The fraction of sp³-hybridized carbons (Fsp3) is 0.417. The molecule has 0 saturated heterocycles. The second-order valence-electron chi connectivity index (χ2n) is 24.2. The first kappa shape index (κ1) is 49.5. The first-order chi connectivity index (χ1) is 35.8. The number of nitrogens with zero attached hydrogens (tertiary/aromatic N) is 1. The molecule has 0 aliphatic heterocycles. The van der Waals surface area contributed by atoms with E-state index in [0.717, 1.165) is 0 Å². The molecule has 7 aromatic carbocycles. The van der Waals surface area contributed by atoms with Crippen LogP contribution in [0, 0.1) is 0 Å². The second kappa shape index (κ2) is 22.0. The van der Waals surface area contributed by atoms with Gasteiger partial charge in [0, 0.05) is 22.4 Å². The van der Waals surface area contributed by atoms with Gasteiger partial charge >= 0.3 is 0 Å². The lowest BCUT2D eigenvalue weighted by molar-refractivity contribution is 0.442. The van der Waals surface area contributed by atoms with Gasteiger partial charge in [-0.3, -0.25) is 0 Å².